The number of nitrogens with zero attached hydrogens (tertiary/aromatic N) is 3. The molecule has 0 radical (unpaired) electrons. The summed E-state index contributed by atoms with van der Waals surface area (Å²) in [5.74, 6) is 1.59. The van der Waals surface area contributed by atoms with E-state index in [-0.39, 0.29) is 0 Å². The van der Waals surface area contributed by atoms with Crippen molar-refractivity contribution in [3.63, 3.8) is 0 Å². The van der Waals surface area contributed by atoms with Gasteiger partial charge in [0, 0.05) is 24.8 Å². The molecule has 1 aliphatic heterocycles. The molecule has 2 rings (SSSR count). The molecule has 17 heavy (non-hydrogen) atoms. The fourth-order valence-corrected chi connectivity index (χ4v) is 2.30. The first kappa shape index (κ1) is 12.3. The first-order valence-electron chi connectivity index (χ1n) is 6.49. The van der Waals surface area contributed by atoms with Gasteiger partial charge >= 0.3 is 0 Å². The van der Waals surface area contributed by atoms with Crippen molar-refractivity contribution >= 4 is 5.82 Å². The van der Waals surface area contributed by atoms with Crippen LogP contribution >= 0.6 is 0 Å². The minimum atomic E-state index is 0.656. The molecule has 94 valence electrons. The summed E-state index contributed by atoms with van der Waals surface area (Å²) in [5.41, 5.74) is 1.01. The molecule has 1 saturated heterocycles. The Morgan fingerprint density at radius 1 is 1.35 bits per heavy atom. The molecule has 1 unspecified atom stereocenters. The van der Waals surface area contributed by atoms with Gasteiger partial charge in [-0.05, 0) is 38.8 Å². The van der Waals surface area contributed by atoms with Crippen LogP contribution in [0.15, 0.2) is 12.4 Å². The third kappa shape index (κ3) is 3.97. The zero-order valence-electron chi connectivity index (χ0n) is 10.8. The van der Waals surface area contributed by atoms with Gasteiger partial charge in [-0.25, -0.2) is 9.97 Å². The fourth-order valence-electron chi connectivity index (χ4n) is 2.30. The topological polar surface area (TPSA) is 41.0 Å². The Bertz CT molecular complexity index is 347. The summed E-state index contributed by atoms with van der Waals surface area (Å²) in [7, 11) is 0. The molecule has 0 aliphatic carbocycles. The molecule has 1 aliphatic rings. The Hall–Kier alpha value is -1.16. The van der Waals surface area contributed by atoms with E-state index in [4.69, 9.17) is 0 Å². The van der Waals surface area contributed by atoms with E-state index in [1.54, 1.807) is 6.33 Å². The van der Waals surface area contributed by atoms with Gasteiger partial charge in [0.15, 0.2) is 0 Å². The lowest BCUT2D eigenvalue weighted by Gasteiger charge is -2.20. The number of aryl methyl sites for hydroxylation is 1. The first-order valence-corrected chi connectivity index (χ1v) is 6.49. The highest BCUT2D eigenvalue weighted by molar-refractivity contribution is 5.34. The largest absolute Gasteiger partial charge is 0.370 e. The summed E-state index contributed by atoms with van der Waals surface area (Å²) < 4.78 is 0. The number of aromatic nitrogens is 2. The maximum absolute atomic E-state index is 4.21. The average molecular weight is 234 g/mol. The standard InChI is InChI=1S/C13H22N4/c1-11(9-17-5-3-4-6-17)8-14-13-7-12(2)15-10-16-13/h7,10-11H,3-6,8-9H2,1-2H3,(H,14,15,16). The molecular weight excluding hydrogens is 212 g/mol. The molecule has 1 atom stereocenters. The lowest BCUT2D eigenvalue weighted by atomic mass is 10.1. The highest BCUT2D eigenvalue weighted by Crippen LogP contribution is 2.11. The van der Waals surface area contributed by atoms with E-state index in [1.807, 2.05) is 13.0 Å². The van der Waals surface area contributed by atoms with Crippen LogP contribution in [0.25, 0.3) is 0 Å². The van der Waals surface area contributed by atoms with Crippen LogP contribution in [0.2, 0.25) is 0 Å². The van der Waals surface area contributed by atoms with Gasteiger partial charge in [0.05, 0.1) is 0 Å². The second-order valence-electron chi connectivity index (χ2n) is 5.04. The van der Waals surface area contributed by atoms with Crippen molar-refractivity contribution in [3.8, 4) is 0 Å². The Labute approximate surface area is 103 Å². The van der Waals surface area contributed by atoms with Crippen LogP contribution in [0.5, 0.6) is 0 Å². The van der Waals surface area contributed by atoms with E-state index in [0.29, 0.717) is 5.92 Å². The predicted octanol–water partition coefficient (Wildman–Crippen LogP) is 1.93. The molecule has 0 aromatic carbocycles. The summed E-state index contributed by atoms with van der Waals surface area (Å²) in [6, 6.07) is 1.99. The summed E-state index contributed by atoms with van der Waals surface area (Å²) in [6.45, 7) is 9.00. The SMILES string of the molecule is Cc1cc(NCC(C)CN2CCCC2)ncn1. The molecular formula is C13H22N4. The second-order valence-corrected chi connectivity index (χ2v) is 5.04. The number of hydrogen-bond donors (Lipinski definition) is 1. The summed E-state index contributed by atoms with van der Waals surface area (Å²) in [4.78, 5) is 10.9. The van der Waals surface area contributed by atoms with Crippen molar-refractivity contribution in [1.82, 2.24) is 14.9 Å². The van der Waals surface area contributed by atoms with Gasteiger partial charge in [-0.3, -0.25) is 0 Å². The van der Waals surface area contributed by atoms with Crippen LogP contribution in [0.4, 0.5) is 5.82 Å². The van der Waals surface area contributed by atoms with Crippen molar-refractivity contribution < 1.29 is 0 Å². The number of likely N-dealkylation sites (tertiary alicyclic amines) is 1. The molecule has 1 N–H and O–H groups in total. The zero-order valence-corrected chi connectivity index (χ0v) is 10.8. The van der Waals surface area contributed by atoms with Gasteiger partial charge in [-0.15, -0.1) is 0 Å². The fraction of sp³-hybridized carbons (Fsp3) is 0.692. The van der Waals surface area contributed by atoms with E-state index >= 15 is 0 Å². The van der Waals surface area contributed by atoms with Crippen molar-refractivity contribution in [2.45, 2.75) is 26.7 Å². The number of anilines is 1. The molecule has 0 amide bonds. The Morgan fingerprint density at radius 3 is 2.82 bits per heavy atom. The first-order chi connectivity index (χ1) is 8.24. The summed E-state index contributed by atoms with van der Waals surface area (Å²) in [6.07, 6.45) is 4.35. The number of rotatable bonds is 5. The molecule has 4 heteroatoms. The lowest BCUT2D eigenvalue weighted by molar-refractivity contribution is 0.294. The molecule has 2 heterocycles. The third-order valence-corrected chi connectivity index (χ3v) is 3.20. The van der Waals surface area contributed by atoms with Gasteiger partial charge in [-0.2, -0.15) is 0 Å². The van der Waals surface area contributed by atoms with Crippen LogP contribution in [0.3, 0.4) is 0 Å². The highest BCUT2D eigenvalue weighted by Gasteiger charge is 2.14. The maximum Gasteiger partial charge on any atom is 0.129 e. The molecule has 1 fully saturated rings. The van der Waals surface area contributed by atoms with Crippen LogP contribution < -0.4 is 5.32 Å². The van der Waals surface area contributed by atoms with Crippen LogP contribution in [-0.2, 0) is 0 Å². The Balaban J connectivity index is 1.73. The summed E-state index contributed by atoms with van der Waals surface area (Å²) >= 11 is 0. The Kier molecular flexibility index (Phi) is 4.31. The lowest BCUT2D eigenvalue weighted by Crippen LogP contribution is -2.29. The molecule has 0 saturated carbocycles. The average Bonchev–Trinajstić information content (AvgIpc) is 2.79. The van der Waals surface area contributed by atoms with E-state index in [9.17, 15) is 0 Å². The van der Waals surface area contributed by atoms with Crippen LogP contribution in [-0.4, -0.2) is 41.0 Å². The van der Waals surface area contributed by atoms with E-state index in [2.05, 4.69) is 27.1 Å². The van der Waals surface area contributed by atoms with Crippen molar-refractivity contribution in [2.75, 3.05) is 31.5 Å². The van der Waals surface area contributed by atoms with Crippen LogP contribution in [0, 0.1) is 12.8 Å². The predicted molar refractivity (Wildman–Crippen MR) is 70.1 cm³/mol. The quantitative estimate of drug-likeness (QED) is 0.845. The number of nitrogens with one attached hydrogen (secondary N) is 1. The molecule has 0 spiro atoms. The van der Waals surface area contributed by atoms with Crippen molar-refractivity contribution in [1.29, 1.82) is 0 Å². The van der Waals surface area contributed by atoms with Gasteiger partial charge in [0.2, 0.25) is 0 Å². The smallest absolute Gasteiger partial charge is 0.129 e. The monoisotopic (exact) mass is 234 g/mol. The van der Waals surface area contributed by atoms with Gasteiger partial charge in [0.25, 0.3) is 0 Å². The molecule has 1 aromatic heterocycles. The van der Waals surface area contributed by atoms with E-state index in [1.165, 1.54) is 32.5 Å². The molecule has 0 bridgehead atoms. The van der Waals surface area contributed by atoms with Crippen molar-refractivity contribution in [2.24, 2.45) is 5.92 Å². The Morgan fingerprint density at radius 2 is 2.12 bits per heavy atom. The normalized spacial score (nSPS) is 18.2. The highest BCUT2D eigenvalue weighted by atomic mass is 15.1. The molecule has 1 aromatic rings. The van der Waals surface area contributed by atoms with Crippen LogP contribution in [0.1, 0.15) is 25.5 Å². The summed E-state index contributed by atoms with van der Waals surface area (Å²) in [5, 5.41) is 3.38. The van der Waals surface area contributed by atoms with Gasteiger partial charge in [-0.1, -0.05) is 6.92 Å². The number of hydrogen-bond acceptors (Lipinski definition) is 4. The van der Waals surface area contributed by atoms with E-state index < -0.39 is 0 Å². The minimum absolute atomic E-state index is 0.656. The van der Waals surface area contributed by atoms with Crippen molar-refractivity contribution in [3.05, 3.63) is 18.1 Å². The molecule has 4 nitrogen and oxygen atoms in total. The van der Waals surface area contributed by atoms with Gasteiger partial charge in [0.1, 0.15) is 12.1 Å². The van der Waals surface area contributed by atoms with Gasteiger partial charge < -0.3 is 10.2 Å². The minimum Gasteiger partial charge on any atom is -0.370 e. The maximum atomic E-state index is 4.21. The van der Waals surface area contributed by atoms with E-state index in [0.717, 1.165) is 18.1 Å². The second kappa shape index (κ2) is 5.96. The zero-order chi connectivity index (χ0) is 12.1. The third-order valence-electron chi connectivity index (χ3n) is 3.20.